The number of carbonyl (C=O) groups is 2. The zero-order chi connectivity index (χ0) is 19.4. The molecule has 2 N–H and O–H groups in total. The summed E-state index contributed by atoms with van der Waals surface area (Å²) in [5, 5.41) is 13.5. The van der Waals surface area contributed by atoms with Crippen LogP contribution in [0.5, 0.6) is 0 Å². The standard InChI is InChI=1S/C18H19FN6O2/c1-12-7-16(24(2)23-12)18(27)20-9-17(26)22-15-8-21-25(11-15)10-13-3-5-14(19)6-4-13/h3-8,11H,9-10H2,1-2H3,(H,20,27)(H,22,26). The number of nitrogens with one attached hydrogen (secondary N) is 2. The summed E-state index contributed by atoms with van der Waals surface area (Å²) < 4.78 is 16.0. The molecule has 0 bridgehead atoms. The van der Waals surface area contributed by atoms with Gasteiger partial charge in [-0.1, -0.05) is 12.1 Å². The molecule has 0 fully saturated rings. The molecule has 0 saturated carbocycles. The van der Waals surface area contributed by atoms with Gasteiger partial charge < -0.3 is 10.6 Å². The van der Waals surface area contributed by atoms with E-state index in [2.05, 4.69) is 20.8 Å². The number of aromatic nitrogens is 4. The van der Waals surface area contributed by atoms with Gasteiger partial charge in [-0.25, -0.2) is 4.39 Å². The number of anilines is 1. The highest BCUT2D eigenvalue weighted by Gasteiger charge is 2.13. The van der Waals surface area contributed by atoms with Gasteiger partial charge in [0.05, 0.1) is 30.7 Å². The number of benzene rings is 1. The van der Waals surface area contributed by atoms with Gasteiger partial charge >= 0.3 is 0 Å². The van der Waals surface area contributed by atoms with Gasteiger partial charge in [0.1, 0.15) is 11.5 Å². The number of amides is 2. The van der Waals surface area contributed by atoms with Crippen molar-refractivity contribution < 1.29 is 14.0 Å². The van der Waals surface area contributed by atoms with Crippen LogP contribution in [0.3, 0.4) is 0 Å². The van der Waals surface area contributed by atoms with Crippen molar-refractivity contribution in [2.45, 2.75) is 13.5 Å². The first-order chi connectivity index (χ1) is 12.9. The van der Waals surface area contributed by atoms with Gasteiger partial charge in [-0.3, -0.25) is 19.0 Å². The van der Waals surface area contributed by atoms with Crippen molar-refractivity contribution >= 4 is 17.5 Å². The zero-order valence-electron chi connectivity index (χ0n) is 14.9. The Kier molecular flexibility index (Phi) is 5.30. The number of nitrogens with zero attached hydrogens (tertiary/aromatic N) is 4. The highest BCUT2D eigenvalue weighted by Crippen LogP contribution is 2.09. The number of rotatable bonds is 6. The molecular formula is C18H19FN6O2. The summed E-state index contributed by atoms with van der Waals surface area (Å²) in [4.78, 5) is 24.1. The van der Waals surface area contributed by atoms with Crippen molar-refractivity contribution in [3.05, 3.63) is 65.5 Å². The van der Waals surface area contributed by atoms with Crippen molar-refractivity contribution in [1.82, 2.24) is 24.9 Å². The Morgan fingerprint density at radius 1 is 1.22 bits per heavy atom. The van der Waals surface area contributed by atoms with Crippen LogP contribution in [0, 0.1) is 12.7 Å². The van der Waals surface area contributed by atoms with Crippen molar-refractivity contribution in [3.8, 4) is 0 Å². The number of halogens is 1. The molecule has 3 rings (SSSR count). The molecule has 0 saturated heterocycles. The molecule has 27 heavy (non-hydrogen) atoms. The number of aryl methyl sites for hydroxylation is 2. The lowest BCUT2D eigenvalue weighted by Crippen LogP contribution is -2.33. The summed E-state index contributed by atoms with van der Waals surface area (Å²) >= 11 is 0. The predicted molar refractivity (Wildman–Crippen MR) is 96.6 cm³/mol. The number of hydrogen-bond donors (Lipinski definition) is 2. The molecule has 0 aliphatic heterocycles. The molecule has 9 heteroatoms. The Labute approximate surface area is 155 Å². The Morgan fingerprint density at radius 2 is 1.96 bits per heavy atom. The Morgan fingerprint density at radius 3 is 2.63 bits per heavy atom. The molecule has 2 amide bonds. The van der Waals surface area contributed by atoms with E-state index in [1.165, 1.54) is 23.0 Å². The van der Waals surface area contributed by atoms with Gasteiger partial charge in [0.2, 0.25) is 5.91 Å². The van der Waals surface area contributed by atoms with Gasteiger partial charge in [-0.2, -0.15) is 10.2 Å². The monoisotopic (exact) mass is 370 g/mol. The first-order valence-electron chi connectivity index (χ1n) is 8.26. The molecule has 1 aromatic carbocycles. The summed E-state index contributed by atoms with van der Waals surface area (Å²) in [5.41, 5.74) is 2.50. The van der Waals surface area contributed by atoms with Crippen LogP contribution in [0.4, 0.5) is 10.1 Å². The molecule has 0 unspecified atom stereocenters. The van der Waals surface area contributed by atoms with Crippen LogP contribution in [-0.4, -0.2) is 37.9 Å². The van der Waals surface area contributed by atoms with Crippen LogP contribution in [0.1, 0.15) is 21.7 Å². The van der Waals surface area contributed by atoms with Gasteiger partial charge in [-0.05, 0) is 30.7 Å². The molecule has 0 atom stereocenters. The van der Waals surface area contributed by atoms with Gasteiger partial charge in [-0.15, -0.1) is 0 Å². The lowest BCUT2D eigenvalue weighted by molar-refractivity contribution is -0.115. The molecule has 8 nitrogen and oxygen atoms in total. The summed E-state index contributed by atoms with van der Waals surface area (Å²) in [7, 11) is 1.66. The van der Waals surface area contributed by atoms with Crippen LogP contribution < -0.4 is 10.6 Å². The van der Waals surface area contributed by atoms with Gasteiger partial charge in [0, 0.05) is 13.2 Å². The van der Waals surface area contributed by atoms with E-state index in [-0.39, 0.29) is 24.2 Å². The minimum atomic E-state index is -0.375. The van der Waals surface area contributed by atoms with Crippen molar-refractivity contribution in [1.29, 1.82) is 0 Å². The fourth-order valence-corrected chi connectivity index (χ4v) is 2.57. The van der Waals surface area contributed by atoms with Crippen LogP contribution in [0.15, 0.2) is 42.7 Å². The lowest BCUT2D eigenvalue weighted by atomic mass is 10.2. The Balaban J connectivity index is 1.51. The maximum Gasteiger partial charge on any atom is 0.269 e. The van der Waals surface area contributed by atoms with E-state index in [4.69, 9.17) is 0 Å². The first-order valence-corrected chi connectivity index (χ1v) is 8.26. The van der Waals surface area contributed by atoms with E-state index in [1.807, 2.05) is 0 Å². The minimum absolute atomic E-state index is 0.174. The average Bonchev–Trinajstić information content (AvgIpc) is 3.20. The smallest absolute Gasteiger partial charge is 0.269 e. The van der Waals surface area contributed by atoms with E-state index < -0.39 is 0 Å². The van der Waals surface area contributed by atoms with E-state index in [9.17, 15) is 14.0 Å². The van der Waals surface area contributed by atoms with Gasteiger partial charge in [0.15, 0.2) is 0 Å². The molecule has 2 heterocycles. The molecule has 0 spiro atoms. The summed E-state index contributed by atoms with van der Waals surface area (Å²) in [5.74, 6) is -1.04. The normalized spacial score (nSPS) is 10.6. The van der Waals surface area contributed by atoms with E-state index in [1.54, 1.807) is 43.0 Å². The molecule has 0 radical (unpaired) electrons. The molecule has 140 valence electrons. The minimum Gasteiger partial charge on any atom is -0.342 e. The summed E-state index contributed by atoms with van der Waals surface area (Å²) in [6.07, 6.45) is 3.17. The summed E-state index contributed by atoms with van der Waals surface area (Å²) in [6, 6.07) is 7.75. The largest absolute Gasteiger partial charge is 0.342 e. The second kappa shape index (κ2) is 7.81. The molecule has 0 aliphatic carbocycles. The van der Waals surface area contributed by atoms with Crippen molar-refractivity contribution in [3.63, 3.8) is 0 Å². The predicted octanol–water partition coefficient (Wildman–Crippen LogP) is 1.48. The Bertz CT molecular complexity index is 961. The SMILES string of the molecule is Cc1cc(C(=O)NCC(=O)Nc2cnn(Cc3ccc(F)cc3)c2)n(C)n1. The van der Waals surface area contributed by atoms with E-state index >= 15 is 0 Å². The van der Waals surface area contributed by atoms with Crippen LogP contribution in [-0.2, 0) is 18.4 Å². The molecule has 2 aromatic heterocycles. The average molecular weight is 370 g/mol. The first kappa shape index (κ1) is 18.3. The fraction of sp³-hybridized carbons (Fsp3) is 0.222. The van der Waals surface area contributed by atoms with Crippen molar-refractivity contribution in [2.75, 3.05) is 11.9 Å². The fourth-order valence-electron chi connectivity index (χ4n) is 2.57. The van der Waals surface area contributed by atoms with Crippen molar-refractivity contribution in [2.24, 2.45) is 7.05 Å². The Hall–Kier alpha value is -3.49. The van der Waals surface area contributed by atoms with Crippen LogP contribution in [0.2, 0.25) is 0 Å². The maximum atomic E-state index is 12.9. The number of hydrogen-bond acceptors (Lipinski definition) is 4. The topological polar surface area (TPSA) is 93.8 Å². The van der Waals surface area contributed by atoms with Gasteiger partial charge in [0.25, 0.3) is 5.91 Å². The summed E-state index contributed by atoms with van der Waals surface area (Å²) in [6.45, 7) is 2.06. The second-order valence-corrected chi connectivity index (χ2v) is 6.08. The molecule has 0 aliphatic rings. The van der Waals surface area contributed by atoms with Crippen LogP contribution in [0.25, 0.3) is 0 Å². The quantitative estimate of drug-likeness (QED) is 0.687. The maximum absolute atomic E-state index is 12.9. The molecular weight excluding hydrogens is 351 g/mol. The van der Waals surface area contributed by atoms with Crippen LogP contribution >= 0.6 is 0 Å². The second-order valence-electron chi connectivity index (χ2n) is 6.08. The highest BCUT2D eigenvalue weighted by molar-refractivity contribution is 5.98. The lowest BCUT2D eigenvalue weighted by Gasteiger charge is -2.05. The molecule has 3 aromatic rings. The zero-order valence-corrected chi connectivity index (χ0v) is 14.9. The van der Waals surface area contributed by atoms with E-state index in [0.29, 0.717) is 17.9 Å². The third-order valence-electron chi connectivity index (χ3n) is 3.82. The highest BCUT2D eigenvalue weighted by atomic mass is 19.1. The van der Waals surface area contributed by atoms with E-state index in [0.717, 1.165) is 11.3 Å². The third kappa shape index (κ3) is 4.78. The third-order valence-corrected chi connectivity index (χ3v) is 3.82. The number of carbonyl (C=O) groups excluding carboxylic acids is 2.